The van der Waals surface area contributed by atoms with Gasteiger partial charge in [-0.05, 0) is 36.6 Å². The molecular formula is C18H19N3. The third-order valence-electron chi connectivity index (χ3n) is 3.65. The fourth-order valence-electron chi connectivity index (χ4n) is 2.49. The standard InChI is InChI=1S/C18H19N3/c19-16(9-7-14-4-3-11-20-13-14)12-17-10-8-15-5-1-2-6-18(15)21-17/h1-6,8,10-11,13,16H,7,9,12,19H2. The molecule has 2 heterocycles. The Kier molecular flexibility index (Phi) is 4.22. The van der Waals surface area contributed by atoms with Crippen LogP contribution < -0.4 is 5.73 Å². The van der Waals surface area contributed by atoms with Crippen LogP contribution in [-0.2, 0) is 12.8 Å². The van der Waals surface area contributed by atoms with Crippen LogP contribution in [-0.4, -0.2) is 16.0 Å². The Balaban J connectivity index is 1.62. The minimum absolute atomic E-state index is 0.124. The summed E-state index contributed by atoms with van der Waals surface area (Å²) in [5.41, 5.74) is 9.57. The molecule has 3 rings (SSSR count). The van der Waals surface area contributed by atoms with E-state index >= 15 is 0 Å². The van der Waals surface area contributed by atoms with E-state index in [0.29, 0.717) is 0 Å². The number of fused-ring (bicyclic) bond motifs is 1. The van der Waals surface area contributed by atoms with Gasteiger partial charge in [0, 0.05) is 35.9 Å². The quantitative estimate of drug-likeness (QED) is 0.779. The first-order valence-corrected chi connectivity index (χ1v) is 7.30. The molecule has 0 aliphatic rings. The topological polar surface area (TPSA) is 51.8 Å². The third kappa shape index (κ3) is 3.64. The lowest BCUT2D eigenvalue weighted by atomic mass is 10.0. The maximum Gasteiger partial charge on any atom is 0.0705 e. The molecule has 0 saturated heterocycles. The lowest BCUT2D eigenvalue weighted by Crippen LogP contribution is -2.24. The molecule has 0 saturated carbocycles. The Morgan fingerprint density at radius 3 is 2.76 bits per heavy atom. The maximum atomic E-state index is 6.24. The molecule has 0 aliphatic carbocycles. The van der Waals surface area contributed by atoms with Gasteiger partial charge in [-0.25, -0.2) is 0 Å². The predicted molar refractivity (Wildman–Crippen MR) is 86.0 cm³/mol. The Labute approximate surface area is 124 Å². The van der Waals surface area contributed by atoms with Crippen LogP contribution in [0.2, 0.25) is 0 Å². The maximum absolute atomic E-state index is 6.24. The Morgan fingerprint density at radius 1 is 1.00 bits per heavy atom. The summed E-state index contributed by atoms with van der Waals surface area (Å²) in [5.74, 6) is 0. The normalized spacial score (nSPS) is 12.4. The number of rotatable bonds is 5. The molecule has 106 valence electrons. The van der Waals surface area contributed by atoms with Gasteiger partial charge in [0.05, 0.1) is 5.52 Å². The zero-order valence-electron chi connectivity index (χ0n) is 11.9. The van der Waals surface area contributed by atoms with Crippen molar-refractivity contribution in [3.05, 3.63) is 72.2 Å². The van der Waals surface area contributed by atoms with Crippen molar-refractivity contribution >= 4 is 10.9 Å². The molecule has 3 heteroatoms. The zero-order valence-corrected chi connectivity index (χ0v) is 11.9. The Morgan fingerprint density at radius 2 is 1.90 bits per heavy atom. The van der Waals surface area contributed by atoms with E-state index in [4.69, 9.17) is 5.73 Å². The molecule has 0 amide bonds. The molecule has 2 aromatic heterocycles. The average Bonchev–Trinajstić information content (AvgIpc) is 2.54. The van der Waals surface area contributed by atoms with Crippen LogP contribution in [0.25, 0.3) is 10.9 Å². The van der Waals surface area contributed by atoms with Gasteiger partial charge in [-0.2, -0.15) is 0 Å². The molecule has 0 spiro atoms. The van der Waals surface area contributed by atoms with Gasteiger partial charge in [0.2, 0.25) is 0 Å². The fraction of sp³-hybridized carbons (Fsp3) is 0.222. The van der Waals surface area contributed by atoms with Gasteiger partial charge < -0.3 is 5.73 Å². The molecule has 1 unspecified atom stereocenters. The number of nitrogens with zero attached hydrogens (tertiary/aromatic N) is 2. The van der Waals surface area contributed by atoms with Crippen LogP contribution >= 0.6 is 0 Å². The summed E-state index contributed by atoms with van der Waals surface area (Å²) >= 11 is 0. The van der Waals surface area contributed by atoms with Crippen LogP contribution in [0.3, 0.4) is 0 Å². The second kappa shape index (κ2) is 6.46. The molecule has 0 bridgehead atoms. The van der Waals surface area contributed by atoms with Crippen LogP contribution in [0, 0.1) is 0 Å². The van der Waals surface area contributed by atoms with E-state index in [0.717, 1.165) is 30.5 Å². The van der Waals surface area contributed by atoms with Crippen molar-refractivity contribution in [2.75, 3.05) is 0 Å². The molecule has 3 nitrogen and oxygen atoms in total. The smallest absolute Gasteiger partial charge is 0.0705 e. The molecule has 0 aliphatic heterocycles. The second-order valence-electron chi connectivity index (χ2n) is 5.36. The van der Waals surface area contributed by atoms with Gasteiger partial charge in [0.25, 0.3) is 0 Å². The first-order valence-electron chi connectivity index (χ1n) is 7.30. The summed E-state index contributed by atoms with van der Waals surface area (Å²) in [6.07, 6.45) is 6.41. The lowest BCUT2D eigenvalue weighted by Gasteiger charge is -2.11. The molecule has 0 radical (unpaired) electrons. The van der Waals surface area contributed by atoms with Crippen molar-refractivity contribution in [1.82, 2.24) is 9.97 Å². The Hall–Kier alpha value is -2.26. The summed E-state index contributed by atoms with van der Waals surface area (Å²) in [6.45, 7) is 0. The van der Waals surface area contributed by atoms with E-state index in [2.05, 4.69) is 34.2 Å². The summed E-state index contributed by atoms with van der Waals surface area (Å²) in [7, 11) is 0. The molecule has 2 N–H and O–H groups in total. The summed E-state index contributed by atoms with van der Waals surface area (Å²) in [6, 6.07) is 16.5. The number of aromatic nitrogens is 2. The molecular weight excluding hydrogens is 258 g/mol. The summed E-state index contributed by atoms with van der Waals surface area (Å²) < 4.78 is 0. The van der Waals surface area contributed by atoms with E-state index < -0.39 is 0 Å². The monoisotopic (exact) mass is 277 g/mol. The van der Waals surface area contributed by atoms with E-state index in [1.54, 1.807) is 6.20 Å². The van der Waals surface area contributed by atoms with E-state index in [1.807, 2.05) is 30.5 Å². The van der Waals surface area contributed by atoms with Crippen LogP contribution in [0.4, 0.5) is 0 Å². The highest BCUT2D eigenvalue weighted by Crippen LogP contribution is 2.13. The highest BCUT2D eigenvalue weighted by molar-refractivity contribution is 5.78. The first kappa shape index (κ1) is 13.7. The predicted octanol–water partition coefficient (Wildman–Crippen LogP) is 3.13. The molecule has 3 aromatic rings. The number of para-hydroxylation sites is 1. The van der Waals surface area contributed by atoms with E-state index in [-0.39, 0.29) is 6.04 Å². The minimum Gasteiger partial charge on any atom is -0.327 e. The van der Waals surface area contributed by atoms with Crippen molar-refractivity contribution in [1.29, 1.82) is 0 Å². The number of nitrogens with two attached hydrogens (primary N) is 1. The highest BCUT2D eigenvalue weighted by atomic mass is 14.7. The SMILES string of the molecule is NC(CCc1cccnc1)Cc1ccc2ccccc2n1. The van der Waals surface area contributed by atoms with E-state index in [1.165, 1.54) is 10.9 Å². The van der Waals surface area contributed by atoms with Crippen molar-refractivity contribution in [3.63, 3.8) is 0 Å². The van der Waals surface area contributed by atoms with Gasteiger partial charge >= 0.3 is 0 Å². The first-order chi connectivity index (χ1) is 10.3. The molecule has 21 heavy (non-hydrogen) atoms. The second-order valence-corrected chi connectivity index (χ2v) is 5.36. The van der Waals surface area contributed by atoms with Crippen LogP contribution in [0.1, 0.15) is 17.7 Å². The van der Waals surface area contributed by atoms with Gasteiger partial charge in [-0.15, -0.1) is 0 Å². The summed E-state index contributed by atoms with van der Waals surface area (Å²) in [4.78, 5) is 8.81. The molecule has 1 aromatic carbocycles. The van der Waals surface area contributed by atoms with Gasteiger partial charge in [0.15, 0.2) is 0 Å². The fourth-order valence-corrected chi connectivity index (χ4v) is 2.49. The zero-order chi connectivity index (χ0) is 14.5. The number of aryl methyl sites for hydroxylation is 1. The average molecular weight is 277 g/mol. The molecule has 1 atom stereocenters. The van der Waals surface area contributed by atoms with E-state index in [9.17, 15) is 0 Å². The number of benzene rings is 1. The number of hydrogen-bond donors (Lipinski definition) is 1. The molecule has 0 fully saturated rings. The summed E-state index contributed by atoms with van der Waals surface area (Å²) in [5, 5.41) is 1.17. The number of pyridine rings is 2. The van der Waals surface area contributed by atoms with Crippen molar-refractivity contribution < 1.29 is 0 Å². The Bertz CT molecular complexity index is 710. The van der Waals surface area contributed by atoms with Crippen molar-refractivity contribution in [2.45, 2.75) is 25.3 Å². The third-order valence-corrected chi connectivity index (χ3v) is 3.65. The lowest BCUT2D eigenvalue weighted by molar-refractivity contribution is 0.603. The van der Waals surface area contributed by atoms with Crippen molar-refractivity contribution in [3.8, 4) is 0 Å². The minimum atomic E-state index is 0.124. The number of hydrogen-bond acceptors (Lipinski definition) is 3. The van der Waals surface area contributed by atoms with Gasteiger partial charge in [-0.3, -0.25) is 9.97 Å². The largest absolute Gasteiger partial charge is 0.327 e. The van der Waals surface area contributed by atoms with Crippen LogP contribution in [0.5, 0.6) is 0 Å². The van der Waals surface area contributed by atoms with Crippen LogP contribution in [0.15, 0.2) is 60.9 Å². The highest BCUT2D eigenvalue weighted by Gasteiger charge is 2.06. The van der Waals surface area contributed by atoms with Crippen molar-refractivity contribution in [2.24, 2.45) is 5.73 Å². The van der Waals surface area contributed by atoms with Gasteiger partial charge in [0.1, 0.15) is 0 Å². The van der Waals surface area contributed by atoms with Gasteiger partial charge in [-0.1, -0.05) is 30.3 Å².